The van der Waals surface area contributed by atoms with Crippen LogP contribution in [0.2, 0.25) is 5.02 Å². The van der Waals surface area contributed by atoms with E-state index < -0.39 is 15.6 Å². The van der Waals surface area contributed by atoms with E-state index in [9.17, 15) is 13.5 Å². The highest BCUT2D eigenvalue weighted by Crippen LogP contribution is 2.21. The van der Waals surface area contributed by atoms with E-state index in [-0.39, 0.29) is 6.61 Å². The van der Waals surface area contributed by atoms with Gasteiger partial charge in [-0.05, 0) is 61.9 Å². The molecule has 0 radical (unpaired) electrons. The zero-order valence-corrected chi connectivity index (χ0v) is 17.9. The van der Waals surface area contributed by atoms with E-state index in [2.05, 4.69) is 5.32 Å². The lowest BCUT2D eigenvalue weighted by atomic mass is 10.1. The minimum atomic E-state index is -3.30. The number of hydrogen-bond acceptors (Lipinski definition) is 5. The van der Waals surface area contributed by atoms with E-state index in [0.717, 1.165) is 18.2 Å². The molecule has 1 atom stereocenters. The lowest BCUT2D eigenvalue weighted by Crippen LogP contribution is -2.43. The second kappa shape index (κ2) is 9.60. The van der Waals surface area contributed by atoms with Crippen molar-refractivity contribution in [1.82, 2.24) is 5.32 Å². The molecule has 0 aliphatic rings. The van der Waals surface area contributed by atoms with Gasteiger partial charge in [0.2, 0.25) is 10.0 Å². The van der Waals surface area contributed by atoms with Crippen molar-refractivity contribution in [3.8, 4) is 5.75 Å². The predicted molar refractivity (Wildman–Crippen MR) is 114 cm³/mol. The van der Waals surface area contributed by atoms with Crippen molar-refractivity contribution in [2.45, 2.75) is 18.9 Å². The van der Waals surface area contributed by atoms with E-state index in [4.69, 9.17) is 16.3 Å². The summed E-state index contributed by atoms with van der Waals surface area (Å²) < 4.78 is 29.9. The first kappa shape index (κ1) is 22.5. The number of benzene rings is 2. The average Bonchev–Trinajstić information content (AvgIpc) is 2.63. The second-order valence-corrected chi connectivity index (χ2v) is 9.52. The van der Waals surface area contributed by atoms with Crippen molar-refractivity contribution in [3.63, 3.8) is 0 Å². The molecule has 0 aromatic heterocycles. The summed E-state index contributed by atoms with van der Waals surface area (Å²) in [7, 11) is -1.81. The fraction of sp³-hybridized carbons (Fsp3) is 0.400. The molecule has 154 valence electrons. The molecule has 28 heavy (non-hydrogen) atoms. The van der Waals surface area contributed by atoms with E-state index in [1.807, 2.05) is 24.3 Å². The first-order chi connectivity index (χ1) is 13.1. The molecule has 0 bridgehead atoms. The summed E-state index contributed by atoms with van der Waals surface area (Å²) in [5.74, 6) is 0.560. The molecule has 0 aliphatic carbocycles. The molecule has 2 aromatic carbocycles. The number of hydrogen-bond donors (Lipinski definition) is 2. The average molecular weight is 427 g/mol. The molecule has 2 rings (SSSR count). The second-order valence-electron chi connectivity index (χ2n) is 7.07. The highest BCUT2D eigenvalue weighted by molar-refractivity contribution is 7.92. The quantitative estimate of drug-likeness (QED) is 0.571. The number of nitrogens with zero attached hydrogens (tertiary/aromatic N) is 1. The van der Waals surface area contributed by atoms with Crippen LogP contribution in [-0.2, 0) is 16.4 Å². The standard InChI is InChI=1S/C20H27ClN2O4S/c1-20(24,14-22-12-11-16-5-4-6-17(21)13-16)15-27-19-9-7-18(8-10-19)23(2)28(3,25)26/h4-10,13,22,24H,11-12,14-15H2,1-3H3/t20-/m1/s1. The van der Waals surface area contributed by atoms with Crippen LogP contribution in [0.15, 0.2) is 48.5 Å². The molecule has 0 amide bonds. The maximum absolute atomic E-state index is 11.6. The van der Waals surface area contributed by atoms with Gasteiger partial charge in [-0.1, -0.05) is 23.7 Å². The Hall–Kier alpha value is -1.80. The Balaban J connectivity index is 1.77. The Morgan fingerprint density at radius 2 is 1.89 bits per heavy atom. The normalized spacial score (nSPS) is 13.8. The lowest BCUT2D eigenvalue weighted by molar-refractivity contribution is 0.0125. The summed E-state index contributed by atoms with van der Waals surface area (Å²) in [6, 6.07) is 14.4. The summed E-state index contributed by atoms with van der Waals surface area (Å²) in [4.78, 5) is 0. The Labute approximate surface area is 172 Å². The number of nitrogens with one attached hydrogen (secondary N) is 1. The third-order valence-electron chi connectivity index (χ3n) is 4.23. The van der Waals surface area contributed by atoms with Crippen molar-refractivity contribution < 1.29 is 18.3 Å². The SMILES string of the molecule is CN(c1ccc(OC[C@](C)(O)CNCCc2cccc(Cl)c2)cc1)S(C)(=O)=O. The van der Waals surface area contributed by atoms with Gasteiger partial charge >= 0.3 is 0 Å². The molecule has 0 saturated heterocycles. The number of sulfonamides is 1. The van der Waals surface area contributed by atoms with Crippen LogP contribution in [0.4, 0.5) is 5.69 Å². The van der Waals surface area contributed by atoms with Crippen LogP contribution in [-0.4, -0.2) is 52.1 Å². The van der Waals surface area contributed by atoms with E-state index in [0.29, 0.717) is 29.5 Å². The Morgan fingerprint density at radius 3 is 2.50 bits per heavy atom. The minimum absolute atomic E-state index is 0.110. The largest absolute Gasteiger partial charge is 0.491 e. The zero-order chi connectivity index (χ0) is 20.8. The van der Waals surface area contributed by atoms with Crippen molar-refractivity contribution in [1.29, 1.82) is 0 Å². The molecule has 0 saturated carbocycles. The lowest BCUT2D eigenvalue weighted by Gasteiger charge is -2.24. The molecule has 0 fully saturated rings. The first-order valence-electron chi connectivity index (χ1n) is 8.91. The molecule has 0 heterocycles. The van der Waals surface area contributed by atoms with E-state index in [1.165, 1.54) is 11.4 Å². The van der Waals surface area contributed by atoms with Gasteiger partial charge in [-0.2, -0.15) is 0 Å². The van der Waals surface area contributed by atoms with Gasteiger partial charge in [0.05, 0.1) is 11.9 Å². The molecule has 0 aliphatic heterocycles. The Morgan fingerprint density at radius 1 is 1.21 bits per heavy atom. The van der Waals surface area contributed by atoms with Gasteiger partial charge in [0, 0.05) is 18.6 Å². The van der Waals surface area contributed by atoms with E-state index >= 15 is 0 Å². The van der Waals surface area contributed by atoms with E-state index in [1.54, 1.807) is 31.2 Å². The van der Waals surface area contributed by atoms with Crippen LogP contribution in [0.25, 0.3) is 0 Å². The summed E-state index contributed by atoms with van der Waals surface area (Å²) in [6.45, 7) is 2.90. The highest BCUT2D eigenvalue weighted by atomic mass is 35.5. The molecular weight excluding hydrogens is 400 g/mol. The van der Waals surface area contributed by atoms with Crippen LogP contribution in [0.1, 0.15) is 12.5 Å². The number of anilines is 1. The van der Waals surface area contributed by atoms with Gasteiger partial charge in [-0.15, -0.1) is 0 Å². The van der Waals surface area contributed by atoms with Crippen LogP contribution >= 0.6 is 11.6 Å². The van der Waals surface area contributed by atoms with Gasteiger partial charge in [0.15, 0.2) is 0 Å². The summed E-state index contributed by atoms with van der Waals surface area (Å²) in [5, 5.41) is 14.4. The van der Waals surface area contributed by atoms with Gasteiger partial charge in [-0.25, -0.2) is 8.42 Å². The summed E-state index contributed by atoms with van der Waals surface area (Å²) in [5.41, 5.74) is 0.635. The zero-order valence-electron chi connectivity index (χ0n) is 16.4. The highest BCUT2D eigenvalue weighted by Gasteiger charge is 2.21. The van der Waals surface area contributed by atoms with Crippen molar-refractivity contribution in [2.24, 2.45) is 0 Å². The topological polar surface area (TPSA) is 78.9 Å². The molecule has 2 aromatic rings. The maximum Gasteiger partial charge on any atom is 0.231 e. The molecule has 8 heteroatoms. The smallest absolute Gasteiger partial charge is 0.231 e. The van der Waals surface area contributed by atoms with Crippen LogP contribution in [0, 0.1) is 0 Å². The van der Waals surface area contributed by atoms with Crippen molar-refractivity contribution >= 4 is 27.3 Å². The molecule has 0 spiro atoms. The number of ether oxygens (including phenoxy) is 1. The third kappa shape index (κ3) is 7.31. The van der Waals surface area contributed by atoms with Gasteiger partial charge < -0.3 is 15.2 Å². The van der Waals surface area contributed by atoms with Gasteiger partial charge in [0.25, 0.3) is 0 Å². The first-order valence-corrected chi connectivity index (χ1v) is 11.1. The molecule has 6 nitrogen and oxygen atoms in total. The fourth-order valence-electron chi connectivity index (χ4n) is 2.52. The number of rotatable bonds is 10. The van der Waals surface area contributed by atoms with Crippen LogP contribution in [0.5, 0.6) is 5.75 Å². The third-order valence-corrected chi connectivity index (χ3v) is 5.67. The van der Waals surface area contributed by atoms with Crippen molar-refractivity contribution in [2.75, 3.05) is 37.3 Å². The summed E-state index contributed by atoms with van der Waals surface area (Å²) >= 11 is 5.97. The number of aliphatic hydroxyl groups is 1. The Kier molecular flexibility index (Phi) is 7.71. The fourth-order valence-corrected chi connectivity index (χ4v) is 3.23. The Bertz CT molecular complexity index is 870. The minimum Gasteiger partial charge on any atom is -0.491 e. The monoisotopic (exact) mass is 426 g/mol. The molecule has 0 unspecified atom stereocenters. The van der Waals surface area contributed by atoms with Crippen molar-refractivity contribution in [3.05, 3.63) is 59.1 Å². The van der Waals surface area contributed by atoms with Gasteiger partial charge in [-0.3, -0.25) is 4.31 Å². The maximum atomic E-state index is 11.6. The predicted octanol–water partition coefficient (Wildman–Crippen LogP) is 2.70. The van der Waals surface area contributed by atoms with Gasteiger partial charge in [0.1, 0.15) is 18.0 Å². The van der Waals surface area contributed by atoms with Crippen LogP contribution in [0.3, 0.4) is 0 Å². The molecular formula is C20H27ClN2O4S. The van der Waals surface area contributed by atoms with Crippen LogP contribution < -0.4 is 14.4 Å². The molecule has 2 N–H and O–H groups in total. The number of halogens is 1. The summed E-state index contributed by atoms with van der Waals surface area (Å²) in [6.07, 6.45) is 1.96.